The van der Waals surface area contributed by atoms with Gasteiger partial charge in [-0.25, -0.2) is 9.59 Å². The van der Waals surface area contributed by atoms with Crippen LogP contribution in [0.15, 0.2) is 181 Å². The summed E-state index contributed by atoms with van der Waals surface area (Å²) in [6.07, 6.45) is 27.1. The third-order valence-electron chi connectivity index (χ3n) is 15.9. The molecule has 0 aromatic heterocycles. The first-order valence-electron chi connectivity index (χ1n) is 24.9. The smallest absolute Gasteiger partial charge is 0.330 e. The van der Waals surface area contributed by atoms with Crippen molar-refractivity contribution in [1.29, 1.82) is 0 Å². The third kappa shape index (κ3) is 7.52. The summed E-state index contributed by atoms with van der Waals surface area (Å²) in [4.78, 5) is 25.0. The molecule has 6 aliphatic carbocycles. The Bertz CT molecular complexity index is 3020. The topological polar surface area (TPSA) is 52.6 Å². The van der Waals surface area contributed by atoms with Gasteiger partial charge in [0.05, 0.1) is 12.0 Å². The Morgan fingerprint density at radius 1 is 0.662 bits per heavy atom. The van der Waals surface area contributed by atoms with E-state index in [0.29, 0.717) is 18.4 Å². The fraction of sp³-hybridized carbons (Fsp3) is 0.312. The maximum atomic E-state index is 13.2. The van der Waals surface area contributed by atoms with Gasteiger partial charge in [0.1, 0.15) is 6.10 Å². The molecule has 4 heteroatoms. The molecule has 0 bridgehead atoms. The first kappa shape index (κ1) is 45.3. The predicted octanol–water partition coefficient (Wildman–Crippen LogP) is 15.4. The summed E-state index contributed by atoms with van der Waals surface area (Å²) in [5.74, 6) is -0.140. The lowest BCUT2D eigenvalue weighted by atomic mass is 9.61. The van der Waals surface area contributed by atoms with Crippen LogP contribution in [0, 0.1) is 17.3 Å². The number of fused-ring (bicyclic) bond motifs is 6. The molecule has 0 amide bonds. The Morgan fingerprint density at radius 2 is 1.29 bits per heavy atom. The molecule has 10 rings (SSSR count). The van der Waals surface area contributed by atoms with Crippen LogP contribution in [0.2, 0.25) is 0 Å². The molecule has 4 atom stereocenters. The zero-order valence-corrected chi connectivity index (χ0v) is 40.7. The summed E-state index contributed by atoms with van der Waals surface area (Å²) in [6, 6.07) is 29.8. The normalized spacial score (nSPS) is 21.2. The summed E-state index contributed by atoms with van der Waals surface area (Å²) >= 11 is 0. The molecule has 0 heterocycles. The van der Waals surface area contributed by atoms with Crippen LogP contribution in [0.4, 0.5) is 0 Å². The van der Waals surface area contributed by atoms with E-state index in [4.69, 9.17) is 9.47 Å². The fourth-order valence-corrected chi connectivity index (χ4v) is 12.3. The van der Waals surface area contributed by atoms with Crippen molar-refractivity contribution in [2.75, 3.05) is 6.61 Å². The summed E-state index contributed by atoms with van der Waals surface area (Å²) in [5.41, 5.74) is 21.3. The van der Waals surface area contributed by atoms with Crippen LogP contribution in [0.3, 0.4) is 0 Å². The molecule has 0 fully saturated rings. The van der Waals surface area contributed by atoms with Crippen molar-refractivity contribution in [2.45, 2.75) is 103 Å². The molecule has 0 aliphatic heterocycles. The van der Waals surface area contributed by atoms with Gasteiger partial charge in [-0.15, -0.1) is 0 Å². The van der Waals surface area contributed by atoms with Gasteiger partial charge in [-0.3, -0.25) is 0 Å². The quantitative estimate of drug-likeness (QED) is 0.0678. The number of hydrogen-bond acceptors (Lipinski definition) is 4. The first-order chi connectivity index (χ1) is 32.8. The van der Waals surface area contributed by atoms with E-state index >= 15 is 0 Å². The van der Waals surface area contributed by atoms with Crippen molar-refractivity contribution in [3.8, 4) is 33.4 Å². The SMILES string of the molecule is C=CC(=O)OCCCCCC1(C(CCCC)OC(=O)C=C)c2ccccc2-c2ccc(-c3ccc4c(c3)C(C)(C)c3cc(C5=C6C=CC7=CC(C(C)(C)C)=CC8=CC=C(C=C5)C6C87)ccc3-4)cc21. The lowest BCUT2D eigenvalue weighted by Crippen LogP contribution is -2.42. The van der Waals surface area contributed by atoms with E-state index < -0.39 is 23.5 Å². The molecule has 4 unspecified atom stereocenters. The minimum atomic E-state index is -0.583. The lowest BCUT2D eigenvalue weighted by molar-refractivity contribution is -0.146. The van der Waals surface area contributed by atoms with E-state index in [9.17, 15) is 9.59 Å². The average molecular weight is 897 g/mol. The van der Waals surface area contributed by atoms with Gasteiger partial charge in [-0.05, 0) is 144 Å². The summed E-state index contributed by atoms with van der Waals surface area (Å²) in [5, 5.41) is 0. The lowest BCUT2D eigenvalue weighted by Gasteiger charge is -2.42. The number of benzene rings is 4. The molecule has 0 saturated carbocycles. The second kappa shape index (κ2) is 17.5. The van der Waals surface area contributed by atoms with E-state index in [1.54, 1.807) is 0 Å². The predicted molar refractivity (Wildman–Crippen MR) is 279 cm³/mol. The number of carbonyl (C=O) groups excluding carboxylic acids is 2. The molecule has 0 N–H and O–H groups in total. The number of rotatable bonds is 15. The number of unbranched alkanes of at least 4 members (excludes halogenated alkanes) is 3. The number of esters is 2. The Kier molecular flexibility index (Phi) is 11.7. The van der Waals surface area contributed by atoms with Crippen LogP contribution in [0.25, 0.3) is 39.0 Å². The maximum Gasteiger partial charge on any atom is 0.330 e. The molecule has 6 aliphatic rings. The van der Waals surface area contributed by atoms with Crippen molar-refractivity contribution in [1.82, 2.24) is 0 Å². The molecule has 0 radical (unpaired) electrons. The third-order valence-corrected chi connectivity index (χ3v) is 15.9. The van der Waals surface area contributed by atoms with Gasteiger partial charge in [-0.2, -0.15) is 0 Å². The van der Waals surface area contributed by atoms with Gasteiger partial charge in [0.2, 0.25) is 0 Å². The zero-order chi connectivity index (χ0) is 47.5. The van der Waals surface area contributed by atoms with Crippen molar-refractivity contribution < 1.29 is 19.1 Å². The van der Waals surface area contributed by atoms with Gasteiger partial charge in [0.25, 0.3) is 0 Å². The van der Waals surface area contributed by atoms with Crippen LogP contribution in [-0.2, 0) is 29.9 Å². The molecule has 68 heavy (non-hydrogen) atoms. The van der Waals surface area contributed by atoms with Crippen LogP contribution >= 0.6 is 0 Å². The minimum absolute atomic E-state index is 0.0910. The highest BCUT2D eigenvalue weighted by molar-refractivity contribution is 5.90. The minimum Gasteiger partial charge on any atom is -0.463 e. The number of allylic oxidation sites excluding steroid dienone is 14. The van der Waals surface area contributed by atoms with Crippen LogP contribution in [0.5, 0.6) is 0 Å². The highest BCUT2D eigenvalue weighted by Gasteiger charge is 2.50. The van der Waals surface area contributed by atoms with Crippen LogP contribution in [-0.4, -0.2) is 24.6 Å². The van der Waals surface area contributed by atoms with E-state index in [2.05, 4.69) is 182 Å². The monoisotopic (exact) mass is 896 g/mol. The summed E-state index contributed by atoms with van der Waals surface area (Å²) in [6.45, 7) is 21.5. The Morgan fingerprint density at radius 3 is 2.00 bits per heavy atom. The van der Waals surface area contributed by atoms with Crippen LogP contribution < -0.4 is 0 Å². The van der Waals surface area contributed by atoms with E-state index in [1.165, 1.54) is 101 Å². The Hall–Kier alpha value is -6.52. The molecular weight excluding hydrogens is 833 g/mol. The molecule has 344 valence electrons. The van der Waals surface area contributed by atoms with E-state index in [0.717, 1.165) is 50.5 Å². The summed E-state index contributed by atoms with van der Waals surface area (Å²) in [7, 11) is 0. The molecule has 0 spiro atoms. The van der Waals surface area contributed by atoms with Gasteiger partial charge < -0.3 is 9.47 Å². The van der Waals surface area contributed by atoms with E-state index in [-0.39, 0.29) is 10.8 Å². The zero-order valence-electron chi connectivity index (χ0n) is 40.7. The second-order valence-electron chi connectivity index (χ2n) is 21.2. The number of hydrogen-bond donors (Lipinski definition) is 0. The molecule has 4 aromatic carbocycles. The molecule has 0 saturated heterocycles. The number of ether oxygens (including phenoxy) is 2. The molecule has 4 nitrogen and oxygen atoms in total. The fourth-order valence-electron chi connectivity index (χ4n) is 12.3. The maximum absolute atomic E-state index is 13.2. The van der Waals surface area contributed by atoms with Crippen molar-refractivity contribution in [3.63, 3.8) is 0 Å². The second-order valence-corrected chi connectivity index (χ2v) is 21.2. The van der Waals surface area contributed by atoms with E-state index in [1.807, 2.05) is 0 Å². The molecule has 4 aromatic rings. The van der Waals surface area contributed by atoms with Crippen LogP contribution in [0.1, 0.15) is 114 Å². The highest BCUT2D eigenvalue weighted by Crippen LogP contribution is 2.58. The first-order valence-corrected chi connectivity index (χ1v) is 24.9. The highest BCUT2D eigenvalue weighted by atomic mass is 16.5. The Labute approximate surface area is 404 Å². The Balaban J connectivity index is 1.01. The summed E-state index contributed by atoms with van der Waals surface area (Å²) < 4.78 is 11.8. The van der Waals surface area contributed by atoms with Gasteiger partial charge in [-0.1, -0.05) is 183 Å². The van der Waals surface area contributed by atoms with Crippen molar-refractivity contribution >= 4 is 17.5 Å². The number of carbonyl (C=O) groups is 2. The van der Waals surface area contributed by atoms with Gasteiger partial charge >= 0.3 is 11.9 Å². The largest absolute Gasteiger partial charge is 0.463 e. The van der Waals surface area contributed by atoms with Gasteiger partial charge in [0.15, 0.2) is 0 Å². The average Bonchev–Trinajstić information content (AvgIpc) is 3.76. The van der Waals surface area contributed by atoms with Crippen molar-refractivity contribution in [3.05, 3.63) is 208 Å². The molecular formula is C64H64O4. The van der Waals surface area contributed by atoms with Gasteiger partial charge in [0, 0.05) is 29.4 Å². The van der Waals surface area contributed by atoms with Crippen molar-refractivity contribution in [2.24, 2.45) is 17.3 Å². The standard InChI is InChI=1S/C64H64O4/c1-9-12-20-57(68-59(66)11-3)64(33-16-13-17-34-67-58(65)10-2)53-19-15-14-18-48(53)51-30-25-42(38-56(51)64)41-24-29-49-50-31-26-43(39-55(50)63(7,8)54(49)37-41)47-28-23-40-21-22-44-35-46(62(4,5)6)36-45-27-32-52(47)61(40)60(44)45/h10-11,14-15,18-19,21-32,35-39,57,60-61H,2-3,9,12-13,16-17,20,33-34H2,1,4-8H3.